The molecule has 1 unspecified atom stereocenters. The quantitative estimate of drug-likeness (QED) is 0.766. The highest BCUT2D eigenvalue weighted by Gasteiger charge is 2.14. The minimum absolute atomic E-state index is 0.324. The van der Waals surface area contributed by atoms with Crippen LogP contribution in [0.25, 0.3) is 11.0 Å². The Labute approximate surface area is 117 Å². The molecule has 0 aliphatic carbocycles. The van der Waals surface area contributed by atoms with Gasteiger partial charge < -0.3 is 10.2 Å². The van der Waals surface area contributed by atoms with E-state index in [-0.39, 0.29) is 6.04 Å². The molecule has 0 fully saturated rings. The molecule has 3 rings (SSSR count). The van der Waals surface area contributed by atoms with Crippen LogP contribution in [-0.4, -0.2) is 0 Å². The SMILES string of the molecule is Cc1cccc2cc(C(N)c3ccc(C#N)cc3)oc12. The molecule has 0 bridgehead atoms. The number of fused-ring (bicyclic) bond motifs is 1. The van der Waals surface area contributed by atoms with Crippen LogP contribution in [0.15, 0.2) is 52.9 Å². The second-order valence-electron chi connectivity index (χ2n) is 4.85. The third-order valence-corrected chi connectivity index (χ3v) is 3.47. The normalized spacial score (nSPS) is 12.2. The smallest absolute Gasteiger partial charge is 0.137 e. The summed E-state index contributed by atoms with van der Waals surface area (Å²) in [6.07, 6.45) is 0. The monoisotopic (exact) mass is 262 g/mol. The van der Waals surface area contributed by atoms with Crippen molar-refractivity contribution in [2.24, 2.45) is 5.73 Å². The molecule has 0 radical (unpaired) electrons. The average Bonchev–Trinajstić information content (AvgIpc) is 2.92. The third kappa shape index (κ3) is 2.07. The highest BCUT2D eigenvalue weighted by molar-refractivity contribution is 5.81. The molecule has 1 heterocycles. The van der Waals surface area contributed by atoms with Gasteiger partial charge in [0.1, 0.15) is 11.3 Å². The standard InChI is InChI=1S/C17H14N2O/c1-11-3-2-4-14-9-15(20-17(11)14)16(19)13-7-5-12(10-18)6-8-13/h2-9,16H,19H2,1H3. The van der Waals surface area contributed by atoms with Crippen LogP contribution in [0.5, 0.6) is 0 Å². The Morgan fingerprint density at radius 2 is 1.90 bits per heavy atom. The number of rotatable bonds is 2. The summed E-state index contributed by atoms with van der Waals surface area (Å²) in [5, 5.41) is 9.87. The van der Waals surface area contributed by atoms with Gasteiger partial charge in [0.15, 0.2) is 0 Å². The summed E-state index contributed by atoms with van der Waals surface area (Å²) in [7, 11) is 0. The first-order valence-corrected chi connectivity index (χ1v) is 6.44. The summed E-state index contributed by atoms with van der Waals surface area (Å²) < 4.78 is 5.88. The third-order valence-electron chi connectivity index (χ3n) is 3.47. The van der Waals surface area contributed by atoms with E-state index in [1.165, 1.54) is 0 Å². The minimum atomic E-state index is -0.324. The number of para-hydroxylation sites is 1. The van der Waals surface area contributed by atoms with Crippen molar-refractivity contribution in [2.75, 3.05) is 0 Å². The molecule has 1 aromatic heterocycles. The summed E-state index contributed by atoms with van der Waals surface area (Å²) in [5.74, 6) is 0.735. The van der Waals surface area contributed by atoms with Crippen LogP contribution in [0.1, 0.15) is 28.5 Å². The fraction of sp³-hybridized carbons (Fsp3) is 0.118. The Bertz CT molecular complexity index is 794. The number of nitriles is 1. The molecule has 0 spiro atoms. The molecule has 0 saturated carbocycles. The molecule has 1 atom stereocenters. The summed E-state index contributed by atoms with van der Waals surface area (Å²) in [6, 6.07) is 17.0. The first-order valence-electron chi connectivity index (χ1n) is 6.44. The second-order valence-corrected chi connectivity index (χ2v) is 4.85. The maximum absolute atomic E-state index is 8.81. The minimum Gasteiger partial charge on any atom is -0.459 e. The average molecular weight is 262 g/mol. The topological polar surface area (TPSA) is 63.0 Å². The predicted molar refractivity (Wildman–Crippen MR) is 78.1 cm³/mol. The first kappa shape index (κ1) is 12.5. The molecule has 98 valence electrons. The number of hydrogen-bond donors (Lipinski definition) is 1. The predicted octanol–water partition coefficient (Wildman–Crippen LogP) is 3.66. The molecule has 0 aliphatic rings. The summed E-state index contributed by atoms with van der Waals surface area (Å²) in [6.45, 7) is 2.02. The molecule has 0 saturated heterocycles. The fourth-order valence-electron chi connectivity index (χ4n) is 2.31. The molecule has 3 nitrogen and oxygen atoms in total. The van der Waals surface area contributed by atoms with Crippen LogP contribution in [0.3, 0.4) is 0 Å². The molecule has 2 aromatic carbocycles. The lowest BCUT2D eigenvalue weighted by molar-refractivity contribution is 0.523. The van der Waals surface area contributed by atoms with E-state index in [2.05, 4.69) is 6.07 Å². The molecule has 3 aromatic rings. The van der Waals surface area contributed by atoms with Crippen LogP contribution in [0, 0.1) is 18.3 Å². The van der Waals surface area contributed by atoms with Crippen LogP contribution in [0.4, 0.5) is 0 Å². The van der Waals surface area contributed by atoms with Crippen molar-refractivity contribution in [2.45, 2.75) is 13.0 Å². The molecule has 3 heteroatoms. The van der Waals surface area contributed by atoms with Gasteiger partial charge in [-0.25, -0.2) is 0 Å². The highest BCUT2D eigenvalue weighted by Crippen LogP contribution is 2.28. The number of benzene rings is 2. The molecular formula is C17H14N2O. The van der Waals surface area contributed by atoms with Gasteiger partial charge in [0, 0.05) is 5.39 Å². The molecule has 20 heavy (non-hydrogen) atoms. The van der Waals surface area contributed by atoms with Gasteiger partial charge in [0.2, 0.25) is 0 Å². The lowest BCUT2D eigenvalue weighted by Crippen LogP contribution is -2.10. The van der Waals surface area contributed by atoms with Gasteiger partial charge in [0.25, 0.3) is 0 Å². The van der Waals surface area contributed by atoms with Crippen LogP contribution in [-0.2, 0) is 0 Å². The van der Waals surface area contributed by atoms with Gasteiger partial charge in [-0.2, -0.15) is 5.26 Å². The van der Waals surface area contributed by atoms with Gasteiger partial charge in [-0.1, -0.05) is 30.3 Å². The Balaban J connectivity index is 2.01. The molecular weight excluding hydrogens is 248 g/mol. The lowest BCUT2D eigenvalue weighted by Gasteiger charge is -2.08. The number of hydrogen-bond acceptors (Lipinski definition) is 3. The molecule has 2 N–H and O–H groups in total. The van der Waals surface area contributed by atoms with Crippen molar-refractivity contribution in [3.05, 3.63) is 71.0 Å². The van der Waals surface area contributed by atoms with E-state index in [4.69, 9.17) is 15.4 Å². The highest BCUT2D eigenvalue weighted by atomic mass is 16.3. The van der Waals surface area contributed by atoms with Crippen molar-refractivity contribution in [3.8, 4) is 6.07 Å². The van der Waals surface area contributed by atoms with Crippen LogP contribution < -0.4 is 5.73 Å². The fourth-order valence-corrected chi connectivity index (χ4v) is 2.31. The van der Waals surface area contributed by atoms with Gasteiger partial charge in [-0.05, 0) is 36.2 Å². The number of aryl methyl sites for hydroxylation is 1. The van der Waals surface area contributed by atoms with Gasteiger partial charge in [0.05, 0.1) is 17.7 Å². The van der Waals surface area contributed by atoms with Crippen LogP contribution >= 0.6 is 0 Å². The van der Waals surface area contributed by atoms with Crippen molar-refractivity contribution in [1.29, 1.82) is 5.26 Å². The Morgan fingerprint density at radius 1 is 1.15 bits per heavy atom. The Morgan fingerprint density at radius 3 is 2.55 bits per heavy atom. The zero-order valence-electron chi connectivity index (χ0n) is 11.1. The van der Waals surface area contributed by atoms with E-state index in [1.54, 1.807) is 12.1 Å². The van der Waals surface area contributed by atoms with E-state index < -0.39 is 0 Å². The van der Waals surface area contributed by atoms with Gasteiger partial charge in [-0.15, -0.1) is 0 Å². The lowest BCUT2D eigenvalue weighted by atomic mass is 10.0. The van der Waals surface area contributed by atoms with E-state index in [9.17, 15) is 0 Å². The van der Waals surface area contributed by atoms with E-state index >= 15 is 0 Å². The zero-order valence-corrected chi connectivity index (χ0v) is 11.1. The zero-order chi connectivity index (χ0) is 14.1. The molecule has 0 amide bonds. The maximum Gasteiger partial charge on any atom is 0.137 e. The second kappa shape index (κ2) is 4.84. The van der Waals surface area contributed by atoms with E-state index in [1.807, 2.05) is 43.3 Å². The van der Waals surface area contributed by atoms with Crippen molar-refractivity contribution >= 4 is 11.0 Å². The van der Waals surface area contributed by atoms with Crippen molar-refractivity contribution in [1.82, 2.24) is 0 Å². The van der Waals surface area contributed by atoms with Gasteiger partial charge >= 0.3 is 0 Å². The maximum atomic E-state index is 8.81. The van der Waals surface area contributed by atoms with Crippen molar-refractivity contribution in [3.63, 3.8) is 0 Å². The Hall–Kier alpha value is -2.57. The number of nitrogens with two attached hydrogens (primary N) is 1. The number of nitrogens with zero attached hydrogens (tertiary/aromatic N) is 1. The summed E-state index contributed by atoms with van der Waals surface area (Å²) in [4.78, 5) is 0. The number of furan rings is 1. The first-order chi connectivity index (χ1) is 9.69. The van der Waals surface area contributed by atoms with Gasteiger partial charge in [-0.3, -0.25) is 0 Å². The largest absolute Gasteiger partial charge is 0.459 e. The Kier molecular flexibility index (Phi) is 3.02. The summed E-state index contributed by atoms with van der Waals surface area (Å²) in [5.41, 5.74) is 9.78. The van der Waals surface area contributed by atoms with Crippen LogP contribution in [0.2, 0.25) is 0 Å². The summed E-state index contributed by atoms with van der Waals surface area (Å²) >= 11 is 0. The molecule has 0 aliphatic heterocycles. The van der Waals surface area contributed by atoms with Crippen molar-refractivity contribution < 1.29 is 4.42 Å². The van der Waals surface area contributed by atoms with E-state index in [0.717, 1.165) is 27.9 Å². The van der Waals surface area contributed by atoms with E-state index in [0.29, 0.717) is 5.56 Å².